The van der Waals surface area contributed by atoms with Crippen molar-refractivity contribution in [3.05, 3.63) is 42.0 Å². The Morgan fingerprint density at radius 1 is 1.29 bits per heavy atom. The lowest BCUT2D eigenvalue weighted by molar-refractivity contribution is -0.137. The Kier molecular flexibility index (Phi) is 3.06. The number of nitrogens with zero attached hydrogens (tertiary/aromatic N) is 3. The molecule has 0 fully saturated rings. The molecule has 0 aromatic carbocycles. The van der Waals surface area contributed by atoms with E-state index in [-0.39, 0.29) is 5.88 Å². The normalized spacial score (nSPS) is 11.8. The molecule has 0 aliphatic heterocycles. The van der Waals surface area contributed by atoms with Crippen LogP contribution in [0.25, 0.3) is 5.69 Å². The summed E-state index contributed by atoms with van der Waals surface area (Å²) in [5, 5.41) is 3.66. The Balaban J connectivity index is 2.44. The van der Waals surface area contributed by atoms with Crippen LogP contribution in [-0.2, 0) is 12.1 Å². The highest BCUT2D eigenvalue weighted by Crippen LogP contribution is 2.29. The second-order valence-electron chi connectivity index (χ2n) is 3.31. The molecule has 2 heterocycles. The Morgan fingerprint density at radius 2 is 2.06 bits per heavy atom. The molecule has 0 saturated heterocycles. The van der Waals surface area contributed by atoms with Crippen LogP contribution < -0.4 is 0 Å². The maximum Gasteiger partial charge on any atom is 0.419 e. The van der Waals surface area contributed by atoms with E-state index in [1.54, 1.807) is 6.07 Å². The molecule has 0 aliphatic rings. The van der Waals surface area contributed by atoms with Gasteiger partial charge in [0.25, 0.3) is 0 Å². The van der Waals surface area contributed by atoms with Crippen molar-refractivity contribution in [3.63, 3.8) is 0 Å². The zero-order valence-corrected chi connectivity index (χ0v) is 9.20. The molecular formula is C10H7ClF3N3. The molecule has 2 aromatic heterocycles. The summed E-state index contributed by atoms with van der Waals surface area (Å²) < 4.78 is 38.3. The van der Waals surface area contributed by atoms with E-state index in [9.17, 15) is 13.2 Å². The molecule has 0 bridgehead atoms. The molecule has 0 aliphatic carbocycles. The summed E-state index contributed by atoms with van der Waals surface area (Å²) in [4.78, 5) is 3.84. The van der Waals surface area contributed by atoms with Crippen LogP contribution in [0.2, 0.25) is 0 Å². The lowest BCUT2D eigenvalue weighted by Crippen LogP contribution is -2.03. The number of alkyl halides is 4. The van der Waals surface area contributed by atoms with E-state index < -0.39 is 11.7 Å². The summed E-state index contributed by atoms with van der Waals surface area (Å²) in [6.45, 7) is 0. The molecule has 0 amide bonds. The Labute approximate surface area is 99.8 Å². The number of halogens is 4. The third-order valence-corrected chi connectivity index (χ3v) is 2.48. The monoisotopic (exact) mass is 261 g/mol. The van der Waals surface area contributed by atoms with Crippen molar-refractivity contribution in [1.29, 1.82) is 0 Å². The van der Waals surface area contributed by atoms with Crippen LogP contribution in [0.4, 0.5) is 13.2 Å². The van der Waals surface area contributed by atoms with Gasteiger partial charge in [0.05, 0.1) is 23.6 Å². The number of aromatic nitrogens is 3. The smallest absolute Gasteiger partial charge is 0.262 e. The van der Waals surface area contributed by atoms with E-state index in [0.717, 1.165) is 17.1 Å². The van der Waals surface area contributed by atoms with E-state index in [4.69, 9.17) is 11.6 Å². The van der Waals surface area contributed by atoms with Gasteiger partial charge >= 0.3 is 6.18 Å². The fourth-order valence-corrected chi connectivity index (χ4v) is 1.56. The molecule has 3 nitrogen and oxygen atoms in total. The first-order valence-electron chi connectivity index (χ1n) is 4.63. The second kappa shape index (κ2) is 4.37. The molecule has 2 rings (SSSR count). The number of hydrogen-bond donors (Lipinski definition) is 0. The molecule has 0 spiro atoms. The van der Waals surface area contributed by atoms with Crippen LogP contribution in [0.5, 0.6) is 0 Å². The van der Waals surface area contributed by atoms with Crippen LogP contribution in [0.3, 0.4) is 0 Å². The maximum absolute atomic E-state index is 12.4. The van der Waals surface area contributed by atoms with Crippen LogP contribution in [-0.4, -0.2) is 14.8 Å². The number of pyridine rings is 1. The van der Waals surface area contributed by atoms with E-state index in [0.29, 0.717) is 11.3 Å². The summed E-state index contributed by atoms with van der Waals surface area (Å²) in [6.07, 6.45) is 0.222. The summed E-state index contributed by atoms with van der Waals surface area (Å²) in [5.74, 6) is 0.180. The molecule has 0 N–H and O–H groups in total. The van der Waals surface area contributed by atoms with E-state index in [1.807, 2.05) is 0 Å². The summed E-state index contributed by atoms with van der Waals surface area (Å²) in [7, 11) is 0. The fourth-order valence-electron chi connectivity index (χ4n) is 1.34. The van der Waals surface area contributed by atoms with Crippen molar-refractivity contribution in [1.82, 2.24) is 14.8 Å². The third-order valence-electron chi connectivity index (χ3n) is 2.19. The van der Waals surface area contributed by atoms with Gasteiger partial charge in [-0.3, -0.25) is 4.98 Å². The van der Waals surface area contributed by atoms with Crippen LogP contribution >= 0.6 is 11.6 Å². The Bertz CT molecular complexity index is 522. The quantitative estimate of drug-likeness (QED) is 0.778. The molecule has 17 heavy (non-hydrogen) atoms. The van der Waals surface area contributed by atoms with Gasteiger partial charge in [-0.2, -0.15) is 18.3 Å². The zero-order valence-electron chi connectivity index (χ0n) is 8.45. The second-order valence-corrected chi connectivity index (χ2v) is 3.58. The van der Waals surface area contributed by atoms with Gasteiger partial charge in [0.15, 0.2) is 0 Å². The number of hydrogen-bond acceptors (Lipinski definition) is 2. The van der Waals surface area contributed by atoms with Crippen molar-refractivity contribution in [3.8, 4) is 5.69 Å². The third kappa shape index (κ3) is 2.41. The molecule has 90 valence electrons. The van der Waals surface area contributed by atoms with Crippen molar-refractivity contribution >= 4 is 11.6 Å². The number of rotatable bonds is 2. The summed E-state index contributed by atoms with van der Waals surface area (Å²) in [5.41, 5.74) is 0.304. The van der Waals surface area contributed by atoms with Gasteiger partial charge in [-0.05, 0) is 11.6 Å². The minimum absolute atomic E-state index is 0.180. The standard InChI is InChI=1S/C10H7ClF3N3/c11-3-7-1-2-15-5-9(7)17-6-8(4-16-17)10(12,13)14/h1-2,4-6H,3H2. The Morgan fingerprint density at radius 3 is 2.65 bits per heavy atom. The zero-order chi connectivity index (χ0) is 12.5. The largest absolute Gasteiger partial charge is 0.419 e. The first kappa shape index (κ1) is 11.9. The highest BCUT2D eigenvalue weighted by atomic mass is 35.5. The van der Waals surface area contributed by atoms with Crippen molar-refractivity contribution < 1.29 is 13.2 Å². The average Bonchev–Trinajstić information content (AvgIpc) is 2.77. The fraction of sp³-hybridized carbons (Fsp3) is 0.200. The first-order chi connectivity index (χ1) is 8.02. The van der Waals surface area contributed by atoms with Crippen molar-refractivity contribution in [2.24, 2.45) is 0 Å². The van der Waals surface area contributed by atoms with Crippen LogP contribution in [0, 0.1) is 0 Å². The molecule has 7 heteroatoms. The summed E-state index contributed by atoms with van der Waals surface area (Å²) in [6, 6.07) is 1.64. The Hall–Kier alpha value is -1.56. The maximum atomic E-state index is 12.4. The minimum atomic E-state index is -4.40. The van der Waals surface area contributed by atoms with Crippen molar-refractivity contribution in [2.75, 3.05) is 0 Å². The lowest BCUT2D eigenvalue weighted by atomic mass is 10.2. The predicted octanol–water partition coefficient (Wildman–Crippen LogP) is 3.02. The average molecular weight is 262 g/mol. The topological polar surface area (TPSA) is 30.7 Å². The molecule has 0 unspecified atom stereocenters. The van der Waals surface area contributed by atoms with Gasteiger partial charge in [0.2, 0.25) is 0 Å². The molecule has 2 aromatic rings. The van der Waals surface area contributed by atoms with E-state index >= 15 is 0 Å². The SMILES string of the molecule is FC(F)(F)c1cnn(-c2cnccc2CCl)c1. The predicted molar refractivity (Wildman–Crippen MR) is 55.9 cm³/mol. The van der Waals surface area contributed by atoms with Gasteiger partial charge in [-0.15, -0.1) is 11.6 Å². The molecule has 0 atom stereocenters. The van der Waals surface area contributed by atoms with Gasteiger partial charge in [0.1, 0.15) is 0 Å². The van der Waals surface area contributed by atoms with Gasteiger partial charge in [0, 0.05) is 18.3 Å². The van der Waals surface area contributed by atoms with Gasteiger partial charge in [-0.1, -0.05) is 0 Å². The van der Waals surface area contributed by atoms with Gasteiger partial charge in [-0.25, -0.2) is 4.68 Å². The highest BCUT2D eigenvalue weighted by molar-refractivity contribution is 6.17. The minimum Gasteiger partial charge on any atom is -0.262 e. The van der Waals surface area contributed by atoms with Crippen molar-refractivity contribution in [2.45, 2.75) is 12.1 Å². The van der Waals surface area contributed by atoms with Crippen LogP contribution in [0.15, 0.2) is 30.9 Å². The molecule has 0 saturated carbocycles. The van der Waals surface area contributed by atoms with Crippen LogP contribution in [0.1, 0.15) is 11.1 Å². The lowest BCUT2D eigenvalue weighted by Gasteiger charge is -2.05. The summed E-state index contributed by atoms with van der Waals surface area (Å²) >= 11 is 5.69. The van der Waals surface area contributed by atoms with E-state index in [1.165, 1.54) is 12.4 Å². The highest BCUT2D eigenvalue weighted by Gasteiger charge is 2.32. The first-order valence-corrected chi connectivity index (χ1v) is 5.17. The van der Waals surface area contributed by atoms with Gasteiger partial charge < -0.3 is 0 Å². The van der Waals surface area contributed by atoms with E-state index in [2.05, 4.69) is 10.1 Å². The molecular weight excluding hydrogens is 255 g/mol. The molecule has 0 radical (unpaired) electrons.